The second kappa shape index (κ2) is 10.2. The van der Waals surface area contributed by atoms with Crippen LogP contribution in [0.1, 0.15) is 18.7 Å². The van der Waals surface area contributed by atoms with Gasteiger partial charge in [-0.3, -0.25) is 4.79 Å². The third kappa shape index (κ3) is 5.93. The lowest BCUT2D eigenvalue weighted by atomic mass is 10.1. The van der Waals surface area contributed by atoms with Gasteiger partial charge in [0.1, 0.15) is 12.4 Å². The molecule has 1 fully saturated rings. The van der Waals surface area contributed by atoms with Crippen molar-refractivity contribution in [2.24, 2.45) is 10.9 Å². The topological polar surface area (TPSA) is 83.8 Å². The number of amides is 1. The van der Waals surface area contributed by atoms with Crippen LogP contribution in [0.2, 0.25) is 0 Å². The van der Waals surface area contributed by atoms with Crippen molar-refractivity contribution in [3.63, 3.8) is 0 Å². The Kier molecular flexibility index (Phi) is 7.46. The summed E-state index contributed by atoms with van der Waals surface area (Å²) in [5, 5.41) is 6.72. The molecule has 158 valence electrons. The van der Waals surface area contributed by atoms with Crippen LogP contribution in [0.3, 0.4) is 0 Å². The lowest BCUT2D eigenvalue weighted by molar-refractivity contribution is -0.127. The smallest absolute Gasteiger partial charge is 0.243 e. The Morgan fingerprint density at radius 2 is 2.17 bits per heavy atom. The Labute approximate surface area is 172 Å². The number of ether oxygens (including phenoxy) is 1. The molecule has 1 aliphatic heterocycles. The highest BCUT2D eigenvalue weighted by Gasteiger charge is 2.16. The molecule has 8 nitrogen and oxygen atoms in total. The molecule has 29 heavy (non-hydrogen) atoms. The molecular formula is C21H32N6O2. The summed E-state index contributed by atoms with van der Waals surface area (Å²) in [4.78, 5) is 22.5. The molecule has 1 aromatic heterocycles. The zero-order valence-electron chi connectivity index (χ0n) is 17.6. The van der Waals surface area contributed by atoms with Crippen molar-refractivity contribution in [1.82, 2.24) is 25.1 Å². The van der Waals surface area contributed by atoms with E-state index in [-0.39, 0.29) is 12.5 Å². The largest absolute Gasteiger partial charge is 0.381 e. The lowest BCUT2D eigenvalue weighted by Crippen LogP contribution is -2.41. The molecule has 0 aliphatic carbocycles. The van der Waals surface area contributed by atoms with E-state index in [1.807, 2.05) is 25.1 Å². The molecule has 1 saturated heterocycles. The van der Waals surface area contributed by atoms with E-state index in [2.05, 4.69) is 31.2 Å². The van der Waals surface area contributed by atoms with Crippen molar-refractivity contribution in [2.75, 3.05) is 46.9 Å². The van der Waals surface area contributed by atoms with Crippen molar-refractivity contribution in [1.29, 1.82) is 0 Å². The van der Waals surface area contributed by atoms with E-state index in [1.54, 1.807) is 19.0 Å². The predicted octanol–water partition coefficient (Wildman–Crippen LogP) is 1.39. The number of likely N-dealkylation sites (N-methyl/N-ethyl adjacent to an activating group) is 1. The van der Waals surface area contributed by atoms with Gasteiger partial charge in [0.25, 0.3) is 0 Å². The zero-order valence-corrected chi connectivity index (χ0v) is 17.6. The van der Waals surface area contributed by atoms with Crippen LogP contribution in [0.4, 0.5) is 0 Å². The molecule has 0 saturated carbocycles. The first kappa shape index (κ1) is 21.1. The fourth-order valence-electron chi connectivity index (χ4n) is 3.37. The second-order valence-corrected chi connectivity index (χ2v) is 7.64. The van der Waals surface area contributed by atoms with Gasteiger partial charge in [0, 0.05) is 46.3 Å². The zero-order chi connectivity index (χ0) is 20.6. The number of imidazole rings is 1. The normalized spacial score (nSPS) is 16.9. The summed E-state index contributed by atoms with van der Waals surface area (Å²) in [6.07, 6.45) is 1.99. The van der Waals surface area contributed by atoms with E-state index in [9.17, 15) is 4.79 Å². The first-order valence-electron chi connectivity index (χ1n) is 10.3. The molecule has 2 heterocycles. The molecule has 1 atom stereocenters. The van der Waals surface area contributed by atoms with Gasteiger partial charge in [0.05, 0.1) is 17.6 Å². The molecule has 8 heteroatoms. The first-order valence-corrected chi connectivity index (χ1v) is 10.3. The summed E-state index contributed by atoms with van der Waals surface area (Å²) < 4.78 is 7.68. The number of guanidine groups is 1. The summed E-state index contributed by atoms with van der Waals surface area (Å²) in [5.74, 6) is 2.18. The number of nitrogens with one attached hydrogen (secondary N) is 2. The van der Waals surface area contributed by atoms with Crippen LogP contribution in [-0.4, -0.2) is 73.3 Å². The highest BCUT2D eigenvalue weighted by molar-refractivity contribution is 5.84. The summed E-state index contributed by atoms with van der Waals surface area (Å²) >= 11 is 0. The summed E-state index contributed by atoms with van der Waals surface area (Å²) in [6.45, 7) is 6.21. The molecule has 1 amide bonds. The molecule has 2 aromatic rings. The monoisotopic (exact) mass is 400 g/mol. The van der Waals surface area contributed by atoms with Gasteiger partial charge in [-0.2, -0.15) is 0 Å². The van der Waals surface area contributed by atoms with Crippen LogP contribution in [0.15, 0.2) is 29.3 Å². The van der Waals surface area contributed by atoms with Crippen LogP contribution < -0.4 is 10.6 Å². The number of carbonyl (C=O) groups excluding carboxylic acids is 1. The van der Waals surface area contributed by atoms with Crippen molar-refractivity contribution in [3.05, 3.63) is 30.1 Å². The van der Waals surface area contributed by atoms with Gasteiger partial charge in [-0.05, 0) is 31.9 Å². The van der Waals surface area contributed by atoms with Gasteiger partial charge in [-0.1, -0.05) is 12.1 Å². The predicted molar refractivity (Wildman–Crippen MR) is 115 cm³/mol. The van der Waals surface area contributed by atoms with Crippen molar-refractivity contribution >= 4 is 22.9 Å². The SMILES string of the molecule is Cc1nc2ccccc2n1CCCNC(=NCC(=O)N(C)C)NCC1CCOC1. The van der Waals surface area contributed by atoms with Gasteiger partial charge >= 0.3 is 0 Å². The molecule has 1 unspecified atom stereocenters. The van der Waals surface area contributed by atoms with Crippen molar-refractivity contribution < 1.29 is 9.53 Å². The number of aromatic nitrogens is 2. The number of nitrogens with zero attached hydrogens (tertiary/aromatic N) is 4. The molecule has 0 radical (unpaired) electrons. The second-order valence-electron chi connectivity index (χ2n) is 7.64. The quantitative estimate of drug-likeness (QED) is 0.398. The average molecular weight is 401 g/mol. The standard InChI is InChI=1S/C21H32N6O2/c1-16-25-18-7-4-5-8-19(18)27(16)11-6-10-22-21(24-14-20(28)26(2)3)23-13-17-9-12-29-15-17/h4-5,7-8,17H,6,9-15H2,1-3H3,(H2,22,23,24). The minimum Gasteiger partial charge on any atom is -0.381 e. The fourth-order valence-corrected chi connectivity index (χ4v) is 3.37. The minimum atomic E-state index is -0.0178. The summed E-state index contributed by atoms with van der Waals surface area (Å²) in [5.41, 5.74) is 2.19. The molecule has 0 bridgehead atoms. The average Bonchev–Trinajstić information content (AvgIpc) is 3.33. The Morgan fingerprint density at radius 1 is 1.34 bits per heavy atom. The molecule has 1 aliphatic rings. The number of rotatable bonds is 8. The number of benzene rings is 1. The molecule has 0 spiro atoms. The van der Waals surface area contributed by atoms with Gasteiger partial charge in [-0.15, -0.1) is 0 Å². The number of fused-ring (bicyclic) bond motifs is 1. The van der Waals surface area contributed by atoms with Crippen LogP contribution in [0.5, 0.6) is 0 Å². The van der Waals surface area contributed by atoms with Crippen LogP contribution >= 0.6 is 0 Å². The molecular weight excluding hydrogens is 368 g/mol. The van der Waals surface area contributed by atoms with Gasteiger partial charge in [-0.25, -0.2) is 9.98 Å². The highest BCUT2D eigenvalue weighted by Crippen LogP contribution is 2.15. The molecule has 1 aromatic carbocycles. The third-order valence-electron chi connectivity index (χ3n) is 5.15. The summed E-state index contributed by atoms with van der Waals surface area (Å²) in [6, 6.07) is 8.20. The minimum absolute atomic E-state index is 0.0178. The maximum Gasteiger partial charge on any atom is 0.243 e. The van der Waals surface area contributed by atoms with Gasteiger partial charge < -0.3 is 24.8 Å². The maximum atomic E-state index is 11.9. The Balaban J connectivity index is 1.53. The number of para-hydroxylation sites is 2. The third-order valence-corrected chi connectivity index (χ3v) is 5.15. The van der Waals surface area contributed by atoms with E-state index >= 15 is 0 Å². The number of carbonyl (C=O) groups is 1. The van der Waals surface area contributed by atoms with Gasteiger partial charge in [0.15, 0.2) is 5.96 Å². The van der Waals surface area contributed by atoms with E-state index in [0.717, 1.165) is 62.5 Å². The number of hydrogen-bond donors (Lipinski definition) is 2. The van der Waals surface area contributed by atoms with E-state index in [1.165, 1.54) is 0 Å². The van der Waals surface area contributed by atoms with Crippen LogP contribution in [0, 0.1) is 12.8 Å². The first-order chi connectivity index (χ1) is 14.0. The van der Waals surface area contributed by atoms with E-state index in [4.69, 9.17) is 4.74 Å². The van der Waals surface area contributed by atoms with Crippen molar-refractivity contribution in [3.8, 4) is 0 Å². The van der Waals surface area contributed by atoms with E-state index < -0.39 is 0 Å². The Morgan fingerprint density at radius 3 is 2.93 bits per heavy atom. The van der Waals surface area contributed by atoms with E-state index in [0.29, 0.717) is 11.9 Å². The van der Waals surface area contributed by atoms with Gasteiger partial charge in [0.2, 0.25) is 5.91 Å². The Hall–Kier alpha value is -2.61. The number of aryl methyl sites for hydroxylation is 2. The fraction of sp³-hybridized carbons (Fsp3) is 0.571. The molecule has 2 N–H and O–H groups in total. The lowest BCUT2D eigenvalue weighted by Gasteiger charge is -2.16. The number of aliphatic imine (C=N–C) groups is 1. The van der Waals surface area contributed by atoms with Crippen molar-refractivity contribution in [2.45, 2.75) is 26.3 Å². The summed E-state index contributed by atoms with van der Waals surface area (Å²) in [7, 11) is 3.48. The molecule has 3 rings (SSSR count). The number of hydrogen-bond acceptors (Lipinski definition) is 4. The van der Waals surface area contributed by atoms with Crippen LogP contribution in [-0.2, 0) is 16.1 Å². The maximum absolute atomic E-state index is 11.9. The van der Waals surface area contributed by atoms with Crippen LogP contribution in [0.25, 0.3) is 11.0 Å². The Bertz CT molecular complexity index is 839. The highest BCUT2D eigenvalue weighted by atomic mass is 16.5.